The summed E-state index contributed by atoms with van der Waals surface area (Å²) in [6.07, 6.45) is 6.60. The summed E-state index contributed by atoms with van der Waals surface area (Å²) in [5.74, 6) is 1.97. The van der Waals surface area contributed by atoms with Crippen molar-refractivity contribution in [2.45, 2.75) is 52.0 Å². The van der Waals surface area contributed by atoms with Crippen LogP contribution in [0.4, 0.5) is 0 Å². The quantitative estimate of drug-likeness (QED) is 0.723. The van der Waals surface area contributed by atoms with Gasteiger partial charge in [0, 0.05) is 26.6 Å². The van der Waals surface area contributed by atoms with Gasteiger partial charge in [-0.1, -0.05) is 6.42 Å². The molecule has 0 unspecified atom stereocenters. The molecule has 138 valence electrons. The number of benzene rings is 1. The summed E-state index contributed by atoms with van der Waals surface area (Å²) in [7, 11) is 2.17. The van der Waals surface area contributed by atoms with Crippen LogP contribution in [-0.4, -0.2) is 49.2 Å². The van der Waals surface area contributed by atoms with Gasteiger partial charge in [-0.05, 0) is 69.0 Å². The first-order valence-corrected chi connectivity index (χ1v) is 9.49. The molecule has 5 heteroatoms. The standard InChI is InChI=1S/C20H30N2O3/c1-16(23)22-10-5-3-4-8-17-12-19-20(25-15-24-19)13-18(17)14-21(2)9-6-7-11-22/h12-13H,3-11,14-15H2,1-2H3. The van der Waals surface area contributed by atoms with Gasteiger partial charge in [0.25, 0.3) is 0 Å². The minimum absolute atomic E-state index is 0.207. The number of carbonyl (C=O) groups excluding carboxylic acids is 1. The fraction of sp³-hybridized carbons (Fsp3) is 0.650. The predicted octanol–water partition coefficient (Wildman–Crippen LogP) is 3.20. The number of aryl methyl sites for hydroxylation is 1. The number of rotatable bonds is 0. The molecule has 25 heavy (non-hydrogen) atoms. The molecule has 0 aliphatic carbocycles. The van der Waals surface area contributed by atoms with Crippen LogP contribution in [0.1, 0.15) is 50.2 Å². The molecule has 0 atom stereocenters. The number of hydrogen-bond donors (Lipinski definition) is 0. The van der Waals surface area contributed by atoms with Crippen molar-refractivity contribution >= 4 is 5.91 Å². The fourth-order valence-electron chi connectivity index (χ4n) is 3.68. The summed E-state index contributed by atoms with van der Waals surface area (Å²) >= 11 is 0. The zero-order valence-electron chi connectivity index (χ0n) is 15.6. The van der Waals surface area contributed by atoms with E-state index in [9.17, 15) is 4.79 Å². The largest absolute Gasteiger partial charge is 0.454 e. The lowest BCUT2D eigenvalue weighted by molar-refractivity contribution is -0.129. The van der Waals surface area contributed by atoms with Crippen molar-refractivity contribution < 1.29 is 14.3 Å². The van der Waals surface area contributed by atoms with Gasteiger partial charge in [0.1, 0.15) is 0 Å². The molecule has 0 saturated heterocycles. The Bertz CT molecular complexity index is 603. The lowest BCUT2D eigenvalue weighted by atomic mass is 9.99. The molecule has 3 rings (SSSR count). The highest BCUT2D eigenvalue weighted by molar-refractivity contribution is 5.73. The average Bonchev–Trinajstić information content (AvgIpc) is 3.02. The topological polar surface area (TPSA) is 42.0 Å². The molecule has 2 aliphatic rings. The molecule has 0 spiro atoms. The van der Waals surface area contributed by atoms with E-state index < -0.39 is 0 Å². The molecule has 2 heterocycles. The fourth-order valence-corrected chi connectivity index (χ4v) is 3.68. The van der Waals surface area contributed by atoms with Gasteiger partial charge in [-0.15, -0.1) is 0 Å². The van der Waals surface area contributed by atoms with Crippen LogP contribution < -0.4 is 9.47 Å². The minimum Gasteiger partial charge on any atom is -0.454 e. The monoisotopic (exact) mass is 346 g/mol. The molecule has 2 aliphatic heterocycles. The van der Waals surface area contributed by atoms with Crippen molar-refractivity contribution in [1.82, 2.24) is 9.80 Å². The maximum absolute atomic E-state index is 11.8. The van der Waals surface area contributed by atoms with Crippen molar-refractivity contribution in [3.8, 4) is 11.5 Å². The second-order valence-corrected chi connectivity index (χ2v) is 7.24. The van der Waals surface area contributed by atoms with E-state index in [2.05, 4.69) is 24.1 Å². The average molecular weight is 346 g/mol. The molecule has 0 radical (unpaired) electrons. The van der Waals surface area contributed by atoms with Crippen molar-refractivity contribution in [3.63, 3.8) is 0 Å². The Labute approximate surface area is 150 Å². The summed E-state index contributed by atoms with van der Waals surface area (Å²) in [5, 5.41) is 0. The predicted molar refractivity (Wildman–Crippen MR) is 97.9 cm³/mol. The molecule has 0 saturated carbocycles. The molecule has 1 amide bonds. The molecule has 0 fully saturated rings. The molecule has 0 N–H and O–H groups in total. The van der Waals surface area contributed by atoms with Crippen LogP contribution in [0.2, 0.25) is 0 Å². The van der Waals surface area contributed by atoms with Crippen molar-refractivity contribution in [2.24, 2.45) is 0 Å². The van der Waals surface area contributed by atoms with E-state index in [0.717, 1.165) is 76.2 Å². The van der Waals surface area contributed by atoms with Crippen LogP contribution in [0.25, 0.3) is 0 Å². The van der Waals surface area contributed by atoms with E-state index in [1.807, 2.05) is 4.90 Å². The van der Waals surface area contributed by atoms with Crippen LogP contribution in [0.3, 0.4) is 0 Å². The van der Waals surface area contributed by atoms with E-state index in [-0.39, 0.29) is 5.91 Å². The van der Waals surface area contributed by atoms with Gasteiger partial charge < -0.3 is 19.3 Å². The molecular weight excluding hydrogens is 316 g/mol. The van der Waals surface area contributed by atoms with Crippen LogP contribution >= 0.6 is 0 Å². The van der Waals surface area contributed by atoms with Gasteiger partial charge in [-0.3, -0.25) is 4.79 Å². The molecule has 0 aromatic heterocycles. The highest BCUT2D eigenvalue weighted by Crippen LogP contribution is 2.35. The van der Waals surface area contributed by atoms with Crippen LogP contribution in [0, 0.1) is 0 Å². The first kappa shape index (κ1) is 18.1. The molecule has 5 nitrogen and oxygen atoms in total. The summed E-state index contributed by atoms with van der Waals surface area (Å²) in [4.78, 5) is 16.1. The summed E-state index contributed by atoms with van der Waals surface area (Å²) in [6.45, 7) is 5.77. The smallest absolute Gasteiger partial charge is 0.231 e. The minimum atomic E-state index is 0.207. The Hall–Kier alpha value is -1.75. The van der Waals surface area contributed by atoms with E-state index >= 15 is 0 Å². The van der Waals surface area contributed by atoms with E-state index in [1.54, 1.807) is 6.92 Å². The Morgan fingerprint density at radius 2 is 1.56 bits per heavy atom. The van der Waals surface area contributed by atoms with Crippen LogP contribution in [-0.2, 0) is 17.8 Å². The molecule has 1 aromatic rings. The number of fused-ring (bicyclic) bond motifs is 2. The molecular formula is C20H30N2O3. The number of hydrogen-bond acceptors (Lipinski definition) is 4. The second-order valence-electron chi connectivity index (χ2n) is 7.24. The van der Waals surface area contributed by atoms with Gasteiger partial charge in [0.2, 0.25) is 12.7 Å². The van der Waals surface area contributed by atoms with E-state index in [4.69, 9.17) is 9.47 Å². The van der Waals surface area contributed by atoms with E-state index in [1.165, 1.54) is 11.1 Å². The van der Waals surface area contributed by atoms with Crippen LogP contribution in [0.5, 0.6) is 11.5 Å². The molecule has 0 bridgehead atoms. The Morgan fingerprint density at radius 1 is 0.920 bits per heavy atom. The number of carbonyl (C=O) groups is 1. The van der Waals surface area contributed by atoms with Gasteiger partial charge >= 0.3 is 0 Å². The third-order valence-electron chi connectivity index (χ3n) is 5.17. The first-order chi connectivity index (χ1) is 12.1. The second kappa shape index (κ2) is 8.56. The molecule has 1 aromatic carbocycles. The SMILES string of the molecule is CC(=O)N1CCCCCc2cc3c(cc2CN(C)CCCC1)OCO3. The van der Waals surface area contributed by atoms with Crippen molar-refractivity contribution in [1.29, 1.82) is 0 Å². The Balaban J connectivity index is 1.71. The van der Waals surface area contributed by atoms with Crippen molar-refractivity contribution in [3.05, 3.63) is 23.3 Å². The van der Waals surface area contributed by atoms with Gasteiger partial charge in [0.05, 0.1) is 0 Å². The van der Waals surface area contributed by atoms with Crippen molar-refractivity contribution in [2.75, 3.05) is 33.5 Å². The van der Waals surface area contributed by atoms with E-state index in [0.29, 0.717) is 6.79 Å². The lowest BCUT2D eigenvalue weighted by Gasteiger charge is -2.23. The Morgan fingerprint density at radius 3 is 2.28 bits per heavy atom. The van der Waals surface area contributed by atoms with Crippen LogP contribution in [0.15, 0.2) is 12.1 Å². The maximum atomic E-state index is 11.8. The summed E-state index contributed by atoms with van der Waals surface area (Å²) in [5.41, 5.74) is 2.73. The third kappa shape index (κ3) is 4.88. The highest BCUT2D eigenvalue weighted by atomic mass is 16.7. The maximum Gasteiger partial charge on any atom is 0.231 e. The zero-order chi connectivity index (χ0) is 17.6. The Kier molecular flexibility index (Phi) is 6.19. The highest BCUT2D eigenvalue weighted by Gasteiger charge is 2.18. The third-order valence-corrected chi connectivity index (χ3v) is 5.17. The number of amides is 1. The van der Waals surface area contributed by atoms with Gasteiger partial charge in [0.15, 0.2) is 11.5 Å². The summed E-state index contributed by atoms with van der Waals surface area (Å²) < 4.78 is 11.1. The summed E-state index contributed by atoms with van der Waals surface area (Å²) in [6, 6.07) is 4.33. The normalized spacial score (nSPS) is 20.0. The zero-order valence-corrected chi connectivity index (χ0v) is 15.6. The lowest BCUT2D eigenvalue weighted by Crippen LogP contribution is -2.31. The first-order valence-electron chi connectivity index (χ1n) is 9.49. The number of nitrogens with zero attached hydrogens (tertiary/aromatic N) is 2. The van der Waals surface area contributed by atoms with Gasteiger partial charge in [-0.2, -0.15) is 0 Å². The number of ether oxygens (including phenoxy) is 2. The van der Waals surface area contributed by atoms with Gasteiger partial charge in [-0.25, -0.2) is 0 Å².